The van der Waals surface area contributed by atoms with E-state index in [1.807, 2.05) is 6.92 Å². The van der Waals surface area contributed by atoms with E-state index < -0.39 is 0 Å². The number of rotatable bonds is 5. The summed E-state index contributed by atoms with van der Waals surface area (Å²) in [6, 6.07) is 4.82. The molecule has 0 saturated carbocycles. The molecule has 8 heteroatoms. The van der Waals surface area contributed by atoms with E-state index >= 15 is 0 Å². The number of hydrogen-bond donors (Lipinski definition) is 3. The Hall–Kier alpha value is -2.61. The number of primary amides is 1. The van der Waals surface area contributed by atoms with Crippen LogP contribution in [0.5, 0.6) is 0 Å². The monoisotopic (exact) mass is 375 g/mol. The summed E-state index contributed by atoms with van der Waals surface area (Å²) >= 11 is 0. The molecule has 1 amide bonds. The molecule has 0 bridgehead atoms. The summed E-state index contributed by atoms with van der Waals surface area (Å²) in [5, 5.41) is 7.45. The molecule has 0 spiro atoms. The van der Waals surface area contributed by atoms with Gasteiger partial charge in [0.15, 0.2) is 5.96 Å². The number of carbonyl (C=O) groups is 1. The maximum Gasteiger partial charge on any atom is 0.231 e. The average Bonchev–Trinajstić information content (AvgIpc) is 2.95. The molecule has 1 aromatic carbocycles. The predicted octanol–water partition coefficient (Wildman–Crippen LogP) is 1.50. The zero-order valence-electron chi connectivity index (χ0n) is 15.7. The van der Waals surface area contributed by atoms with E-state index in [4.69, 9.17) is 10.2 Å². The van der Waals surface area contributed by atoms with E-state index in [9.17, 15) is 9.18 Å². The Balaban J connectivity index is 1.54. The molecule has 2 aromatic rings. The Bertz CT molecular complexity index is 840. The number of aliphatic imine (C=N–C) groups is 1. The highest BCUT2D eigenvalue weighted by molar-refractivity contribution is 5.83. The molecule has 0 atom stereocenters. The topological polar surface area (TPSA) is 95.9 Å². The summed E-state index contributed by atoms with van der Waals surface area (Å²) in [4.78, 5) is 17.3. The second kappa shape index (κ2) is 8.39. The van der Waals surface area contributed by atoms with Crippen LogP contribution in [0.15, 0.2) is 27.6 Å². The number of fused-ring (bicyclic) bond motifs is 1. The van der Waals surface area contributed by atoms with Crippen LogP contribution in [0.3, 0.4) is 0 Å². The van der Waals surface area contributed by atoms with Gasteiger partial charge in [-0.2, -0.15) is 0 Å². The minimum Gasteiger partial charge on any atom is -0.459 e. The minimum absolute atomic E-state index is 0.272. The fraction of sp³-hybridized carbons (Fsp3) is 0.474. The van der Waals surface area contributed by atoms with Crippen molar-refractivity contribution < 1.29 is 13.6 Å². The first-order valence-corrected chi connectivity index (χ1v) is 9.11. The van der Waals surface area contributed by atoms with Gasteiger partial charge in [0.25, 0.3) is 0 Å². The number of nitrogens with two attached hydrogens (primary N) is 1. The maximum absolute atomic E-state index is 13.4. The molecule has 0 radical (unpaired) electrons. The fourth-order valence-electron chi connectivity index (χ4n) is 3.42. The number of furan rings is 1. The molecule has 0 unspecified atom stereocenters. The Morgan fingerprint density at radius 3 is 2.81 bits per heavy atom. The molecular formula is C19H26FN5O2. The van der Waals surface area contributed by atoms with Crippen LogP contribution in [0.2, 0.25) is 0 Å². The molecule has 4 N–H and O–H groups in total. The van der Waals surface area contributed by atoms with Gasteiger partial charge in [-0.25, -0.2) is 4.39 Å². The van der Waals surface area contributed by atoms with Crippen molar-refractivity contribution in [1.82, 2.24) is 15.5 Å². The molecule has 27 heavy (non-hydrogen) atoms. The lowest BCUT2D eigenvalue weighted by atomic mass is 10.1. The number of amides is 1. The van der Waals surface area contributed by atoms with E-state index in [2.05, 4.69) is 20.5 Å². The number of likely N-dealkylation sites (tertiary alicyclic amines) is 1. The fourth-order valence-corrected chi connectivity index (χ4v) is 3.42. The zero-order valence-corrected chi connectivity index (χ0v) is 15.7. The lowest BCUT2D eigenvalue weighted by Crippen LogP contribution is -2.49. The van der Waals surface area contributed by atoms with Gasteiger partial charge in [0.1, 0.15) is 17.2 Å². The number of nitrogens with zero attached hydrogens (tertiary/aromatic N) is 2. The summed E-state index contributed by atoms with van der Waals surface area (Å²) in [6.07, 6.45) is 1.83. The van der Waals surface area contributed by atoms with Crippen molar-refractivity contribution in [1.29, 1.82) is 0 Å². The first-order chi connectivity index (χ1) is 13.0. The van der Waals surface area contributed by atoms with Gasteiger partial charge in [-0.05, 0) is 38.0 Å². The van der Waals surface area contributed by atoms with Crippen molar-refractivity contribution in [3.05, 3.63) is 35.3 Å². The summed E-state index contributed by atoms with van der Waals surface area (Å²) in [6.45, 7) is 4.35. The second-order valence-corrected chi connectivity index (χ2v) is 6.88. The first kappa shape index (κ1) is 19.2. The van der Waals surface area contributed by atoms with E-state index in [1.165, 1.54) is 12.1 Å². The van der Waals surface area contributed by atoms with Gasteiger partial charge in [-0.1, -0.05) is 0 Å². The highest BCUT2D eigenvalue weighted by atomic mass is 19.1. The third-order valence-electron chi connectivity index (χ3n) is 4.94. The van der Waals surface area contributed by atoms with E-state index in [1.54, 1.807) is 13.1 Å². The number of nitrogens with one attached hydrogen (secondary N) is 2. The molecule has 7 nitrogen and oxygen atoms in total. The number of hydrogen-bond acceptors (Lipinski definition) is 4. The van der Waals surface area contributed by atoms with Crippen LogP contribution in [0, 0.1) is 12.7 Å². The Morgan fingerprint density at radius 2 is 2.15 bits per heavy atom. The van der Waals surface area contributed by atoms with Gasteiger partial charge in [0.05, 0.1) is 13.1 Å². The smallest absolute Gasteiger partial charge is 0.231 e. The predicted molar refractivity (Wildman–Crippen MR) is 103 cm³/mol. The van der Waals surface area contributed by atoms with Crippen molar-refractivity contribution in [3.8, 4) is 0 Å². The summed E-state index contributed by atoms with van der Waals surface area (Å²) in [5.41, 5.74) is 6.85. The first-order valence-electron chi connectivity index (χ1n) is 9.11. The molecule has 1 aromatic heterocycles. The number of carbonyl (C=O) groups excluding carboxylic acids is 1. The van der Waals surface area contributed by atoms with Gasteiger partial charge in [-0.3, -0.25) is 14.7 Å². The zero-order chi connectivity index (χ0) is 19.4. The molecule has 1 aliphatic heterocycles. The molecule has 3 rings (SSSR count). The average molecular weight is 375 g/mol. The van der Waals surface area contributed by atoms with Crippen molar-refractivity contribution in [2.75, 3.05) is 26.7 Å². The van der Waals surface area contributed by atoms with Crippen molar-refractivity contribution in [2.24, 2.45) is 10.7 Å². The van der Waals surface area contributed by atoms with Gasteiger partial charge in [-0.15, -0.1) is 0 Å². The van der Waals surface area contributed by atoms with Crippen LogP contribution >= 0.6 is 0 Å². The van der Waals surface area contributed by atoms with Crippen molar-refractivity contribution >= 4 is 22.8 Å². The molecule has 0 aliphatic carbocycles. The third kappa shape index (κ3) is 4.77. The van der Waals surface area contributed by atoms with Crippen molar-refractivity contribution in [2.45, 2.75) is 32.4 Å². The Kier molecular flexibility index (Phi) is 5.95. The molecular weight excluding hydrogens is 349 g/mol. The van der Waals surface area contributed by atoms with Gasteiger partial charge in [0, 0.05) is 37.1 Å². The van der Waals surface area contributed by atoms with Crippen LogP contribution in [0.1, 0.15) is 24.2 Å². The number of aryl methyl sites for hydroxylation is 1. The van der Waals surface area contributed by atoms with E-state index in [-0.39, 0.29) is 17.8 Å². The van der Waals surface area contributed by atoms with E-state index in [0.29, 0.717) is 24.6 Å². The van der Waals surface area contributed by atoms with Crippen LogP contribution in [0.4, 0.5) is 4.39 Å². The van der Waals surface area contributed by atoms with Gasteiger partial charge >= 0.3 is 0 Å². The standard InChI is InChI=1S/C19H26FN5O2/c1-12-15-9-13(20)3-4-16(15)27-17(12)10-23-19(22-2)24-14-5-7-25(8-6-14)11-18(21)26/h3-4,9,14H,5-8,10-11H2,1-2H3,(H2,21,26)(H2,22,23,24). The summed E-state index contributed by atoms with van der Waals surface area (Å²) in [5.74, 6) is 0.884. The molecule has 1 fully saturated rings. The highest BCUT2D eigenvalue weighted by Crippen LogP contribution is 2.25. The molecule has 2 heterocycles. The summed E-state index contributed by atoms with van der Waals surface area (Å²) < 4.78 is 19.3. The minimum atomic E-state index is -0.292. The van der Waals surface area contributed by atoms with Crippen LogP contribution in [-0.2, 0) is 11.3 Å². The normalized spacial score (nSPS) is 16.6. The summed E-state index contributed by atoms with van der Waals surface area (Å²) in [7, 11) is 1.72. The van der Waals surface area contributed by atoms with Gasteiger partial charge in [0.2, 0.25) is 5.91 Å². The quantitative estimate of drug-likeness (QED) is 0.544. The maximum atomic E-state index is 13.4. The molecule has 146 valence electrons. The molecule has 1 saturated heterocycles. The van der Waals surface area contributed by atoms with Crippen molar-refractivity contribution in [3.63, 3.8) is 0 Å². The lowest BCUT2D eigenvalue weighted by molar-refractivity contribution is -0.119. The largest absolute Gasteiger partial charge is 0.459 e. The van der Waals surface area contributed by atoms with E-state index in [0.717, 1.165) is 42.6 Å². The lowest BCUT2D eigenvalue weighted by Gasteiger charge is -2.32. The molecule has 1 aliphatic rings. The Labute approximate surface area is 157 Å². The second-order valence-electron chi connectivity index (χ2n) is 6.88. The number of halogens is 1. The number of benzene rings is 1. The van der Waals surface area contributed by atoms with Gasteiger partial charge < -0.3 is 20.8 Å². The SMILES string of the molecule is CN=C(NCc1oc2ccc(F)cc2c1C)NC1CCN(CC(N)=O)CC1. The number of piperidine rings is 1. The van der Waals surface area contributed by atoms with Crippen LogP contribution in [-0.4, -0.2) is 49.5 Å². The van der Waals surface area contributed by atoms with Crippen LogP contribution in [0.25, 0.3) is 11.0 Å². The highest BCUT2D eigenvalue weighted by Gasteiger charge is 2.21. The Morgan fingerprint density at radius 1 is 1.41 bits per heavy atom. The van der Waals surface area contributed by atoms with Crippen LogP contribution < -0.4 is 16.4 Å². The number of guanidine groups is 1. The third-order valence-corrected chi connectivity index (χ3v) is 4.94.